The van der Waals surface area contributed by atoms with Crippen molar-refractivity contribution in [3.63, 3.8) is 0 Å². The molecule has 5 N–H and O–H groups in total. The number of anilines is 1. The SMILES string of the molecule is CNc1cc(Br)cc(C(=O)NC2CCC(Oc3ncccc3C(N)=O)CC2)c1C=N. The van der Waals surface area contributed by atoms with E-state index in [1.54, 1.807) is 31.4 Å². The standard InChI is InChI=1S/C21H24BrN5O3/c1-25-18-10-12(22)9-16(17(18)11-23)20(29)27-13-4-6-14(7-5-13)30-21-15(19(24)28)3-2-8-26-21/h2-3,8-11,13-14,23,25H,4-7H2,1H3,(H2,24,28)(H,27,29). The molecule has 0 aliphatic heterocycles. The van der Waals surface area contributed by atoms with E-state index in [-0.39, 0.29) is 29.5 Å². The number of rotatable bonds is 7. The largest absolute Gasteiger partial charge is 0.474 e. The fourth-order valence-electron chi connectivity index (χ4n) is 3.59. The van der Waals surface area contributed by atoms with E-state index in [4.69, 9.17) is 15.9 Å². The highest BCUT2D eigenvalue weighted by atomic mass is 79.9. The number of nitrogens with zero attached hydrogens (tertiary/aromatic N) is 1. The zero-order chi connectivity index (χ0) is 21.7. The van der Waals surface area contributed by atoms with Gasteiger partial charge in [0.2, 0.25) is 5.88 Å². The van der Waals surface area contributed by atoms with Crippen LogP contribution < -0.4 is 21.1 Å². The molecule has 0 radical (unpaired) electrons. The molecule has 1 saturated carbocycles. The van der Waals surface area contributed by atoms with Gasteiger partial charge < -0.3 is 26.5 Å². The normalized spacial score (nSPS) is 18.3. The Kier molecular flexibility index (Phi) is 7.04. The second-order valence-corrected chi connectivity index (χ2v) is 8.01. The van der Waals surface area contributed by atoms with Crippen LogP contribution in [0.15, 0.2) is 34.9 Å². The van der Waals surface area contributed by atoms with Gasteiger partial charge >= 0.3 is 0 Å². The Hall–Kier alpha value is -2.94. The smallest absolute Gasteiger partial charge is 0.254 e. The summed E-state index contributed by atoms with van der Waals surface area (Å²) in [6.45, 7) is 0. The molecule has 9 heteroatoms. The van der Waals surface area contributed by atoms with Crippen LogP contribution in [0.25, 0.3) is 0 Å². The van der Waals surface area contributed by atoms with Gasteiger partial charge in [-0.05, 0) is 49.9 Å². The van der Waals surface area contributed by atoms with Gasteiger partial charge in [-0.2, -0.15) is 0 Å². The third-order valence-electron chi connectivity index (χ3n) is 5.13. The van der Waals surface area contributed by atoms with Crippen molar-refractivity contribution in [3.8, 4) is 5.88 Å². The van der Waals surface area contributed by atoms with E-state index in [1.165, 1.54) is 6.21 Å². The number of ether oxygens (including phenoxy) is 1. The molecule has 1 aromatic heterocycles. The van der Waals surface area contributed by atoms with Crippen molar-refractivity contribution in [2.24, 2.45) is 5.73 Å². The van der Waals surface area contributed by atoms with Crippen LogP contribution in [0.5, 0.6) is 5.88 Å². The summed E-state index contributed by atoms with van der Waals surface area (Å²) in [5.41, 5.74) is 7.34. The van der Waals surface area contributed by atoms with Gasteiger partial charge in [0.15, 0.2) is 0 Å². The molecule has 0 bridgehead atoms. The van der Waals surface area contributed by atoms with Crippen molar-refractivity contribution in [2.45, 2.75) is 37.8 Å². The second-order valence-electron chi connectivity index (χ2n) is 7.09. The Labute approximate surface area is 183 Å². The summed E-state index contributed by atoms with van der Waals surface area (Å²) in [6, 6.07) is 6.79. The molecular formula is C21H24BrN5O3. The number of halogens is 1. The lowest BCUT2D eigenvalue weighted by Gasteiger charge is -2.29. The van der Waals surface area contributed by atoms with E-state index < -0.39 is 5.91 Å². The summed E-state index contributed by atoms with van der Waals surface area (Å²) in [5, 5.41) is 13.8. The van der Waals surface area contributed by atoms with Crippen LogP contribution in [-0.2, 0) is 0 Å². The summed E-state index contributed by atoms with van der Waals surface area (Å²) in [4.78, 5) is 28.5. The molecule has 3 rings (SSSR count). The number of carbonyl (C=O) groups is 2. The molecule has 1 fully saturated rings. The van der Waals surface area contributed by atoms with Crippen molar-refractivity contribution >= 4 is 39.6 Å². The lowest BCUT2D eigenvalue weighted by Crippen LogP contribution is -2.40. The molecule has 1 heterocycles. The predicted octanol–water partition coefficient (Wildman–Crippen LogP) is 3.10. The molecular weight excluding hydrogens is 450 g/mol. The van der Waals surface area contributed by atoms with Crippen LogP contribution in [0.1, 0.15) is 52.0 Å². The van der Waals surface area contributed by atoms with E-state index >= 15 is 0 Å². The van der Waals surface area contributed by atoms with Crippen LogP contribution in [-0.4, -0.2) is 42.2 Å². The maximum Gasteiger partial charge on any atom is 0.254 e. The number of nitrogens with one attached hydrogen (secondary N) is 3. The van der Waals surface area contributed by atoms with Crippen LogP contribution in [0, 0.1) is 5.41 Å². The van der Waals surface area contributed by atoms with Gasteiger partial charge in [0.1, 0.15) is 11.7 Å². The van der Waals surface area contributed by atoms with E-state index in [2.05, 4.69) is 31.5 Å². The molecule has 0 atom stereocenters. The maximum absolute atomic E-state index is 12.8. The average molecular weight is 474 g/mol. The van der Waals surface area contributed by atoms with E-state index in [9.17, 15) is 9.59 Å². The van der Waals surface area contributed by atoms with Gasteiger partial charge in [-0.1, -0.05) is 15.9 Å². The molecule has 8 nitrogen and oxygen atoms in total. The monoisotopic (exact) mass is 473 g/mol. The molecule has 30 heavy (non-hydrogen) atoms. The number of carbonyl (C=O) groups excluding carboxylic acids is 2. The van der Waals surface area contributed by atoms with Gasteiger partial charge in [-0.3, -0.25) is 9.59 Å². The second kappa shape index (κ2) is 9.71. The van der Waals surface area contributed by atoms with Gasteiger partial charge in [0, 0.05) is 41.2 Å². The zero-order valence-electron chi connectivity index (χ0n) is 16.6. The molecule has 2 aromatic rings. The summed E-state index contributed by atoms with van der Waals surface area (Å²) in [5.74, 6) is -0.533. The quantitative estimate of drug-likeness (QED) is 0.458. The fourth-order valence-corrected chi connectivity index (χ4v) is 4.04. The predicted molar refractivity (Wildman–Crippen MR) is 118 cm³/mol. The van der Waals surface area contributed by atoms with Crippen molar-refractivity contribution in [3.05, 3.63) is 51.6 Å². The first-order valence-electron chi connectivity index (χ1n) is 9.67. The number of benzene rings is 1. The van der Waals surface area contributed by atoms with Crippen LogP contribution in [0.3, 0.4) is 0 Å². The Morgan fingerprint density at radius 2 is 2.00 bits per heavy atom. The first-order valence-corrected chi connectivity index (χ1v) is 10.5. The van der Waals surface area contributed by atoms with E-state index in [1.807, 2.05) is 6.07 Å². The maximum atomic E-state index is 12.8. The zero-order valence-corrected chi connectivity index (χ0v) is 18.2. The summed E-state index contributed by atoms with van der Waals surface area (Å²) >= 11 is 3.42. The molecule has 0 unspecified atom stereocenters. The van der Waals surface area contributed by atoms with Crippen LogP contribution >= 0.6 is 15.9 Å². The summed E-state index contributed by atoms with van der Waals surface area (Å²) in [7, 11) is 1.75. The van der Waals surface area contributed by atoms with Crippen molar-refractivity contribution in [1.82, 2.24) is 10.3 Å². The van der Waals surface area contributed by atoms with Crippen molar-refractivity contribution < 1.29 is 14.3 Å². The topological polar surface area (TPSA) is 130 Å². The van der Waals surface area contributed by atoms with Crippen molar-refractivity contribution in [2.75, 3.05) is 12.4 Å². The minimum absolute atomic E-state index is 0.00675. The summed E-state index contributed by atoms with van der Waals surface area (Å²) in [6.07, 6.45) is 5.57. The van der Waals surface area contributed by atoms with E-state index in [0.717, 1.165) is 30.2 Å². The Morgan fingerprint density at radius 3 is 2.63 bits per heavy atom. The lowest BCUT2D eigenvalue weighted by atomic mass is 9.92. The van der Waals surface area contributed by atoms with Gasteiger partial charge in [-0.15, -0.1) is 0 Å². The Morgan fingerprint density at radius 1 is 1.27 bits per heavy atom. The lowest BCUT2D eigenvalue weighted by molar-refractivity contribution is 0.0881. The van der Waals surface area contributed by atoms with Crippen LogP contribution in [0.4, 0.5) is 5.69 Å². The van der Waals surface area contributed by atoms with Crippen LogP contribution in [0.2, 0.25) is 0 Å². The Balaban J connectivity index is 1.62. The highest BCUT2D eigenvalue weighted by Gasteiger charge is 2.26. The highest BCUT2D eigenvalue weighted by molar-refractivity contribution is 9.10. The highest BCUT2D eigenvalue weighted by Crippen LogP contribution is 2.27. The molecule has 1 aromatic carbocycles. The third kappa shape index (κ3) is 4.96. The van der Waals surface area contributed by atoms with Gasteiger partial charge in [-0.25, -0.2) is 4.98 Å². The third-order valence-corrected chi connectivity index (χ3v) is 5.59. The molecule has 2 amide bonds. The van der Waals surface area contributed by atoms with Gasteiger partial charge in [0.25, 0.3) is 11.8 Å². The number of amides is 2. The molecule has 0 saturated heterocycles. The number of nitrogens with two attached hydrogens (primary N) is 1. The van der Waals surface area contributed by atoms with Gasteiger partial charge in [0.05, 0.1) is 5.56 Å². The number of pyridine rings is 1. The average Bonchev–Trinajstić information content (AvgIpc) is 2.74. The molecule has 0 spiro atoms. The fraction of sp³-hybridized carbons (Fsp3) is 0.333. The van der Waals surface area contributed by atoms with E-state index in [0.29, 0.717) is 16.8 Å². The number of aromatic nitrogens is 1. The Bertz CT molecular complexity index is 958. The minimum atomic E-state index is -0.573. The summed E-state index contributed by atoms with van der Waals surface area (Å²) < 4.78 is 6.66. The molecule has 1 aliphatic carbocycles. The number of primary amides is 1. The first-order chi connectivity index (χ1) is 14.4. The molecule has 1 aliphatic rings. The molecule has 158 valence electrons. The first kappa shape index (κ1) is 21.8. The minimum Gasteiger partial charge on any atom is -0.474 e. The number of hydrogen-bond acceptors (Lipinski definition) is 6. The number of hydrogen-bond donors (Lipinski definition) is 4. The van der Waals surface area contributed by atoms with Crippen molar-refractivity contribution in [1.29, 1.82) is 5.41 Å².